The number of carbonyl (C=O) groups excluding carboxylic acids is 2. The Morgan fingerprint density at radius 3 is 2.62 bits per heavy atom. The molecule has 0 saturated heterocycles. The molecule has 2 rings (SSSR count). The molecule has 2 aromatic rings. The Bertz CT molecular complexity index is 677. The summed E-state index contributed by atoms with van der Waals surface area (Å²) in [6, 6.07) is 12.9. The highest BCUT2D eigenvalue weighted by atomic mass is 79.9. The van der Waals surface area contributed by atoms with E-state index in [0.29, 0.717) is 37.9 Å². The number of pyridine rings is 1. The van der Waals surface area contributed by atoms with Gasteiger partial charge in [0.2, 0.25) is 5.91 Å². The van der Waals surface area contributed by atoms with Gasteiger partial charge < -0.3 is 10.6 Å². The Hall–Kier alpha value is -2.21. The Kier molecular flexibility index (Phi) is 7.42. The lowest BCUT2D eigenvalue weighted by molar-refractivity contribution is -0.121. The van der Waals surface area contributed by atoms with Gasteiger partial charge >= 0.3 is 0 Å². The van der Waals surface area contributed by atoms with Crippen molar-refractivity contribution in [2.24, 2.45) is 0 Å². The summed E-state index contributed by atoms with van der Waals surface area (Å²) in [5, 5.41) is 5.69. The van der Waals surface area contributed by atoms with E-state index in [9.17, 15) is 9.59 Å². The first-order chi connectivity index (χ1) is 11.6. The molecule has 0 unspecified atom stereocenters. The van der Waals surface area contributed by atoms with Crippen LogP contribution in [0, 0.1) is 0 Å². The quantitative estimate of drug-likeness (QED) is 0.681. The van der Waals surface area contributed by atoms with Crippen LogP contribution in [0.1, 0.15) is 28.9 Å². The number of nitrogens with one attached hydrogen (secondary N) is 2. The lowest BCUT2D eigenvalue weighted by atomic mass is 10.2. The molecule has 1 heterocycles. The molecule has 2 N–H and O–H groups in total. The maximum absolute atomic E-state index is 11.9. The summed E-state index contributed by atoms with van der Waals surface area (Å²) < 4.78 is 0.871. The van der Waals surface area contributed by atoms with Gasteiger partial charge in [-0.2, -0.15) is 0 Å². The van der Waals surface area contributed by atoms with E-state index >= 15 is 0 Å². The van der Waals surface area contributed by atoms with Crippen LogP contribution >= 0.6 is 15.9 Å². The number of amides is 2. The van der Waals surface area contributed by atoms with E-state index in [1.807, 2.05) is 30.3 Å². The summed E-state index contributed by atoms with van der Waals surface area (Å²) in [6.07, 6.45) is 3.46. The molecule has 0 bridgehead atoms. The number of hydrogen-bond donors (Lipinski definition) is 2. The Morgan fingerprint density at radius 2 is 1.88 bits per heavy atom. The average molecular weight is 390 g/mol. The summed E-state index contributed by atoms with van der Waals surface area (Å²) in [5.41, 5.74) is 1.53. The van der Waals surface area contributed by atoms with E-state index in [-0.39, 0.29) is 11.8 Å². The number of hydrogen-bond acceptors (Lipinski definition) is 3. The largest absolute Gasteiger partial charge is 0.356 e. The summed E-state index contributed by atoms with van der Waals surface area (Å²) in [7, 11) is 0. The first-order valence-electron chi connectivity index (χ1n) is 7.85. The zero-order valence-corrected chi connectivity index (χ0v) is 14.9. The third-order valence-electron chi connectivity index (χ3n) is 3.38. The van der Waals surface area contributed by atoms with E-state index in [2.05, 4.69) is 31.5 Å². The van der Waals surface area contributed by atoms with E-state index in [4.69, 9.17) is 0 Å². The minimum atomic E-state index is -0.113. The first kappa shape index (κ1) is 18.1. The number of aromatic nitrogens is 1. The van der Waals surface area contributed by atoms with Crippen LogP contribution in [0.3, 0.4) is 0 Å². The van der Waals surface area contributed by atoms with Crippen LogP contribution in [-0.4, -0.2) is 29.9 Å². The van der Waals surface area contributed by atoms with Crippen molar-refractivity contribution in [1.82, 2.24) is 15.6 Å². The van der Waals surface area contributed by atoms with Crippen LogP contribution in [0.4, 0.5) is 0 Å². The molecule has 1 aromatic carbocycles. The normalized spacial score (nSPS) is 10.2. The van der Waals surface area contributed by atoms with Gasteiger partial charge in [0.05, 0.1) is 0 Å². The average Bonchev–Trinajstić information content (AvgIpc) is 2.60. The topological polar surface area (TPSA) is 71.1 Å². The Morgan fingerprint density at radius 1 is 1.04 bits per heavy atom. The zero-order valence-electron chi connectivity index (χ0n) is 13.3. The molecular formula is C18H20BrN3O2. The maximum Gasteiger partial charge on any atom is 0.251 e. The monoisotopic (exact) mass is 389 g/mol. The smallest absolute Gasteiger partial charge is 0.251 e. The van der Waals surface area contributed by atoms with Crippen molar-refractivity contribution in [3.63, 3.8) is 0 Å². The molecule has 0 saturated carbocycles. The third kappa shape index (κ3) is 6.50. The number of aryl methyl sites for hydroxylation is 1. The van der Waals surface area contributed by atoms with Crippen molar-refractivity contribution in [3.8, 4) is 0 Å². The van der Waals surface area contributed by atoms with Crippen molar-refractivity contribution in [2.45, 2.75) is 19.3 Å². The minimum absolute atomic E-state index is 0.000954. The van der Waals surface area contributed by atoms with Crippen LogP contribution in [0.15, 0.2) is 53.1 Å². The molecule has 5 nitrogen and oxygen atoms in total. The van der Waals surface area contributed by atoms with Gasteiger partial charge in [-0.3, -0.25) is 14.6 Å². The molecular weight excluding hydrogens is 370 g/mol. The Balaban J connectivity index is 1.57. The third-order valence-corrected chi connectivity index (χ3v) is 3.88. The summed E-state index contributed by atoms with van der Waals surface area (Å²) in [6.45, 7) is 1.06. The van der Waals surface area contributed by atoms with Crippen molar-refractivity contribution >= 4 is 27.7 Å². The predicted molar refractivity (Wildman–Crippen MR) is 96.7 cm³/mol. The van der Waals surface area contributed by atoms with Crippen molar-refractivity contribution < 1.29 is 9.59 Å². The second kappa shape index (κ2) is 9.82. The highest BCUT2D eigenvalue weighted by molar-refractivity contribution is 9.10. The van der Waals surface area contributed by atoms with E-state index in [0.717, 1.165) is 10.2 Å². The fraction of sp³-hybridized carbons (Fsp3) is 0.278. The van der Waals surface area contributed by atoms with Gasteiger partial charge in [0.1, 0.15) is 0 Å². The number of nitrogens with zero attached hydrogens (tertiary/aromatic N) is 1. The highest BCUT2D eigenvalue weighted by Crippen LogP contribution is 2.11. The summed E-state index contributed by atoms with van der Waals surface area (Å²) in [4.78, 5) is 27.9. The predicted octanol–water partition coefficient (Wildman–Crippen LogP) is 2.71. The highest BCUT2D eigenvalue weighted by Gasteiger charge is 2.05. The minimum Gasteiger partial charge on any atom is -0.356 e. The molecule has 126 valence electrons. The molecule has 2 amide bonds. The number of rotatable bonds is 8. The van der Waals surface area contributed by atoms with Crippen molar-refractivity contribution in [3.05, 3.63) is 64.4 Å². The van der Waals surface area contributed by atoms with Crippen LogP contribution in [0.5, 0.6) is 0 Å². The fourth-order valence-corrected chi connectivity index (χ4v) is 2.53. The van der Waals surface area contributed by atoms with Crippen molar-refractivity contribution in [1.29, 1.82) is 0 Å². The second-order valence-electron chi connectivity index (χ2n) is 5.29. The molecule has 0 fully saturated rings. The zero-order chi connectivity index (χ0) is 17.2. The van der Waals surface area contributed by atoms with Gasteiger partial charge in [0.25, 0.3) is 5.91 Å². The lowest BCUT2D eigenvalue weighted by Gasteiger charge is -2.07. The molecule has 0 aliphatic carbocycles. The lowest BCUT2D eigenvalue weighted by Crippen LogP contribution is -2.30. The van der Waals surface area contributed by atoms with Gasteiger partial charge in [-0.1, -0.05) is 28.1 Å². The van der Waals surface area contributed by atoms with E-state index in [1.165, 1.54) is 0 Å². The number of halogens is 1. The van der Waals surface area contributed by atoms with Gasteiger partial charge in [0.15, 0.2) is 0 Å². The number of carbonyl (C=O) groups is 2. The fourth-order valence-electron chi connectivity index (χ4n) is 2.13. The standard InChI is InChI=1S/C18H20BrN3O2/c19-15-6-3-5-14(13-15)18(24)22-12-4-11-21-17(23)9-8-16-7-1-2-10-20-16/h1-3,5-7,10,13H,4,8-9,11-12H2,(H,21,23)(H,22,24). The molecule has 6 heteroatoms. The molecule has 24 heavy (non-hydrogen) atoms. The van der Waals surface area contributed by atoms with E-state index in [1.54, 1.807) is 18.3 Å². The molecule has 0 radical (unpaired) electrons. The van der Waals surface area contributed by atoms with Gasteiger partial charge in [-0.25, -0.2) is 0 Å². The maximum atomic E-state index is 11.9. The van der Waals surface area contributed by atoms with Gasteiger partial charge in [-0.05, 0) is 43.2 Å². The summed E-state index contributed by atoms with van der Waals surface area (Å²) in [5.74, 6) is -0.114. The molecule has 1 aromatic heterocycles. The molecule has 0 atom stereocenters. The van der Waals surface area contributed by atoms with Crippen LogP contribution in [0.2, 0.25) is 0 Å². The Labute approximate surface area is 150 Å². The number of benzene rings is 1. The summed E-state index contributed by atoms with van der Waals surface area (Å²) >= 11 is 3.34. The van der Waals surface area contributed by atoms with E-state index < -0.39 is 0 Å². The molecule has 0 aliphatic heterocycles. The SMILES string of the molecule is O=C(CCc1ccccn1)NCCCNC(=O)c1cccc(Br)c1. The van der Waals surface area contributed by atoms with Gasteiger partial charge in [-0.15, -0.1) is 0 Å². The van der Waals surface area contributed by atoms with Crippen molar-refractivity contribution in [2.75, 3.05) is 13.1 Å². The van der Waals surface area contributed by atoms with Gasteiger partial charge in [0, 0.05) is 41.4 Å². The molecule has 0 aliphatic rings. The molecule has 0 spiro atoms. The van der Waals surface area contributed by atoms with Crippen LogP contribution < -0.4 is 10.6 Å². The second-order valence-corrected chi connectivity index (χ2v) is 6.21. The van der Waals surface area contributed by atoms with Crippen LogP contribution in [-0.2, 0) is 11.2 Å². The van der Waals surface area contributed by atoms with Crippen LogP contribution in [0.25, 0.3) is 0 Å². The first-order valence-corrected chi connectivity index (χ1v) is 8.65.